The molecule has 0 saturated carbocycles. The number of carboxylic acids is 1. The van der Waals surface area contributed by atoms with Crippen LogP contribution < -0.4 is 34.7 Å². The van der Waals surface area contributed by atoms with Gasteiger partial charge in [0.05, 0.1) is 0 Å². The minimum absolute atomic E-state index is 0. The average Bonchev–Trinajstić information content (AvgIpc) is 2.21. The van der Waals surface area contributed by atoms with E-state index in [1.54, 1.807) is 0 Å². The molecule has 0 radical (unpaired) electrons. The maximum absolute atomic E-state index is 10.3. The first-order chi connectivity index (χ1) is 7.15. The second-order valence-electron chi connectivity index (χ2n) is 3.65. The second-order valence-corrected chi connectivity index (χ2v) is 3.65. The first-order valence-corrected chi connectivity index (χ1v) is 5.01. The van der Waals surface area contributed by atoms with Crippen molar-refractivity contribution in [3.8, 4) is 0 Å². The number of aliphatic hydroxyl groups excluding tert-OH is 1. The Bertz CT molecular complexity index is 339. The number of carbonyl (C=O) groups excluding carboxylic acids is 1. The first-order valence-electron chi connectivity index (χ1n) is 5.01. The fourth-order valence-corrected chi connectivity index (χ4v) is 1.68. The summed E-state index contributed by atoms with van der Waals surface area (Å²) in [7, 11) is 0. The zero-order valence-corrected chi connectivity index (χ0v) is 11.8. The number of carboxylic acid groups (broad SMARTS) is 1. The topological polar surface area (TPSA) is 60.4 Å². The number of rotatable bonds is 5. The van der Waals surface area contributed by atoms with E-state index in [2.05, 4.69) is 0 Å². The molecule has 0 aliphatic heterocycles. The Morgan fingerprint density at radius 1 is 1.44 bits per heavy atom. The van der Waals surface area contributed by atoms with Crippen LogP contribution in [0.2, 0.25) is 0 Å². The van der Waals surface area contributed by atoms with E-state index < -0.39 is 5.97 Å². The number of carbonyl (C=O) groups is 1. The third-order valence-electron chi connectivity index (χ3n) is 2.55. The van der Waals surface area contributed by atoms with E-state index in [-0.39, 0.29) is 48.5 Å². The summed E-state index contributed by atoms with van der Waals surface area (Å²) in [4.78, 5) is 10.3. The summed E-state index contributed by atoms with van der Waals surface area (Å²) in [5.41, 5.74) is 2.09. The third-order valence-corrected chi connectivity index (χ3v) is 2.55. The molecule has 0 aliphatic rings. The van der Waals surface area contributed by atoms with Crippen LogP contribution in [0.5, 0.6) is 0 Å². The molecule has 1 aromatic rings. The zero-order chi connectivity index (χ0) is 11.3. The summed E-state index contributed by atoms with van der Waals surface area (Å²) >= 11 is 0. The van der Waals surface area contributed by atoms with Crippen LogP contribution in [0.25, 0.3) is 0 Å². The van der Waals surface area contributed by atoms with Gasteiger partial charge in [-0.15, -0.1) is 0 Å². The molecule has 82 valence electrons. The molecule has 1 N–H and O–H groups in total. The van der Waals surface area contributed by atoms with Crippen LogP contribution in [0.1, 0.15) is 29.9 Å². The van der Waals surface area contributed by atoms with Gasteiger partial charge in [-0.25, -0.2) is 0 Å². The van der Waals surface area contributed by atoms with E-state index in [9.17, 15) is 15.0 Å². The van der Waals surface area contributed by atoms with E-state index in [0.717, 1.165) is 11.1 Å². The van der Waals surface area contributed by atoms with Crippen LogP contribution in [0.15, 0.2) is 24.3 Å². The molecule has 1 rings (SSSR count). The molecule has 0 aliphatic carbocycles. The minimum Gasteiger partial charge on any atom is -0.550 e. The fourth-order valence-electron chi connectivity index (χ4n) is 1.68. The molecule has 1 unspecified atom stereocenters. The molecular formula is C12H15NaO3. The maximum atomic E-state index is 10.3. The van der Waals surface area contributed by atoms with Crippen LogP contribution in [0, 0.1) is 6.92 Å². The van der Waals surface area contributed by atoms with E-state index in [0.29, 0.717) is 6.42 Å². The van der Waals surface area contributed by atoms with E-state index in [4.69, 9.17) is 0 Å². The largest absolute Gasteiger partial charge is 1.00 e. The number of aryl methyl sites for hydroxylation is 1. The standard InChI is InChI=1S/C12H16O3.Na/c1-9-4-2-3-5-11(9)10(8-13)6-7-12(14)15;/h2-5,10,13H,6-8H2,1H3,(H,14,15);/q;+1/p-1. The van der Waals surface area contributed by atoms with Crippen molar-refractivity contribution >= 4 is 5.97 Å². The quantitative estimate of drug-likeness (QED) is 0.574. The Morgan fingerprint density at radius 2 is 2.06 bits per heavy atom. The summed E-state index contributed by atoms with van der Waals surface area (Å²) in [6.07, 6.45) is 0.406. The van der Waals surface area contributed by atoms with Crippen LogP contribution in [-0.2, 0) is 4.79 Å². The van der Waals surface area contributed by atoms with Gasteiger partial charge in [0.15, 0.2) is 0 Å². The molecule has 0 amide bonds. The number of aliphatic carboxylic acids is 1. The Kier molecular flexibility index (Phi) is 7.68. The van der Waals surface area contributed by atoms with Crippen molar-refractivity contribution in [2.24, 2.45) is 0 Å². The maximum Gasteiger partial charge on any atom is 1.00 e. The number of aliphatic hydroxyl groups is 1. The molecule has 0 heterocycles. The van der Waals surface area contributed by atoms with Crippen LogP contribution in [-0.4, -0.2) is 17.7 Å². The minimum atomic E-state index is -1.07. The Labute approximate surface area is 118 Å². The first kappa shape index (κ1) is 15.7. The van der Waals surface area contributed by atoms with Gasteiger partial charge in [0.25, 0.3) is 0 Å². The average molecular weight is 230 g/mol. The van der Waals surface area contributed by atoms with E-state index in [1.807, 2.05) is 31.2 Å². The van der Waals surface area contributed by atoms with Gasteiger partial charge in [0.2, 0.25) is 0 Å². The van der Waals surface area contributed by atoms with Gasteiger partial charge in [-0.1, -0.05) is 24.3 Å². The monoisotopic (exact) mass is 230 g/mol. The summed E-state index contributed by atoms with van der Waals surface area (Å²) in [5, 5.41) is 19.5. The van der Waals surface area contributed by atoms with Gasteiger partial charge in [0.1, 0.15) is 0 Å². The van der Waals surface area contributed by atoms with Gasteiger partial charge < -0.3 is 15.0 Å². The number of benzene rings is 1. The number of hydrogen-bond donors (Lipinski definition) is 1. The zero-order valence-electron chi connectivity index (χ0n) is 9.77. The Hall–Kier alpha value is -0.350. The Balaban J connectivity index is 0.00000225. The number of hydrogen-bond acceptors (Lipinski definition) is 3. The summed E-state index contributed by atoms with van der Waals surface area (Å²) in [6, 6.07) is 7.69. The molecule has 1 aromatic carbocycles. The predicted octanol–water partition coefficient (Wildman–Crippen LogP) is -2.39. The summed E-state index contributed by atoms with van der Waals surface area (Å²) in [5.74, 6) is -1.17. The normalized spacial score (nSPS) is 11.6. The molecule has 0 aromatic heterocycles. The molecule has 0 bridgehead atoms. The van der Waals surface area contributed by atoms with Crippen molar-refractivity contribution in [3.63, 3.8) is 0 Å². The molecular weight excluding hydrogens is 215 g/mol. The van der Waals surface area contributed by atoms with Crippen LogP contribution >= 0.6 is 0 Å². The molecule has 3 nitrogen and oxygen atoms in total. The van der Waals surface area contributed by atoms with Crippen molar-refractivity contribution < 1.29 is 44.6 Å². The van der Waals surface area contributed by atoms with Crippen LogP contribution in [0.4, 0.5) is 0 Å². The van der Waals surface area contributed by atoms with Crippen LogP contribution in [0.3, 0.4) is 0 Å². The SMILES string of the molecule is Cc1ccccc1C(CO)CCC(=O)[O-].[Na+]. The van der Waals surface area contributed by atoms with Crippen molar-refractivity contribution in [1.82, 2.24) is 0 Å². The Morgan fingerprint density at radius 3 is 2.56 bits per heavy atom. The smallest absolute Gasteiger partial charge is 0.550 e. The summed E-state index contributed by atoms with van der Waals surface area (Å²) in [6.45, 7) is 1.93. The molecule has 4 heteroatoms. The molecule has 16 heavy (non-hydrogen) atoms. The van der Waals surface area contributed by atoms with Gasteiger partial charge >= 0.3 is 29.6 Å². The molecule has 1 atom stereocenters. The van der Waals surface area contributed by atoms with Gasteiger partial charge in [-0.3, -0.25) is 0 Å². The van der Waals surface area contributed by atoms with Crippen molar-refractivity contribution in [2.45, 2.75) is 25.7 Å². The second kappa shape index (κ2) is 7.85. The fraction of sp³-hybridized carbons (Fsp3) is 0.417. The third kappa shape index (κ3) is 4.66. The summed E-state index contributed by atoms with van der Waals surface area (Å²) < 4.78 is 0. The van der Waals surface area contributed by atoms with Gasteiger partial charge in [-0.2, -0.15) is 0 Å². The van der Waals surface area contributed by atoms with Gasteiger partial charge in [-0.05, 0) is 30.9 Å². The predicted molar refractivity (Wildman–Crippen MR) is 55.2 cm³/mol. The molecule has 0 spiro atoms. The van der Waals surface area contributed by atoms with E-state index >= 15 is 0 Å². The molecule has 0 saturated heterocycles. The van der Waals surface area contributed by atoms with Gasteiger partial charge in [0, 0.05) is 18.5 Å². The molecule has 0 fully saturated rings. The van der Waals surface area contributed by atoms with Crippen molar-refractivity contribution in [2.75, 3.05) is 6.61 Å². The van der Waals surface area contributed by atoms with Crippen molar-refractivity contribution in [3.05, 3.63) is 35.4 Å². The van der Waals surface area contributed by atoms with Crippen molar-refractivity contribution in [1.29, 1.82) is 0 Å². The van der Waals surface area contributed by atoms with E-state index in [1.165, 1.54) is 0 Å².